The van der Waals surface area contributed by atoms with Gasteiger partial charge in [0, 0.05) is 50.6 Å². The molecule has 208 valence electrons. The molecule has 3 aliphatic heterocycles. The van der Waals surface area contributed by atoms with Crippen molar-refractivity contribution in [1.29, 1.82) is 0 Å². The highest BCUT2D eigenvalue weighted by Gasteiger charge is 2.48. The number of fused-ring (bicyclic) bond motifs is 3. The minimum Gasteiger partial charge on any atom is -0.383 e. The van der Waals surface area contributed by atoms with Gasteiger partial charge in [-0.25, -0.2) is 4.98 Å². The van der Waals surface area contributed by atoms with E-state index in [4.69, 9.17) is 9.47 Å². The van der Waals surface area contributed by atoms with Crippen LogP contribution in [-0.2, 0) is 14.3 Å². The first kappa shape index (κ1) is 26.1. The zero-order valence-electron chi connectivity index (χ0n) is 22.7. The first-order valence-electron chi connectivity index (χ1n) is 14.4. The Kier molecular flexibility index (Phi) is 7.70. The van der Waals surface area contributed by atoms with Gasteiger partial charge in [-0.2, -0.15) is 0 Å². The number of rotatable bonds is 6. The normalized spacial score (nSPS) is 28.3. The second-order valence-electron chi connectivity index (χ2n) is 11.2. The van der Waals surface area contributed by atoms with E-state index in [0.29, 0.717) is 31.3 Å². The molecule has 1 aromatic carbocycles. The summed E-state index contributed by atoms with van der Waals surface area (Å²) in [5.41, 5.74) is 2.80. The van der Waals surface area contributed by atoms with Crippen LogP contribution in [0.2, 0.25) is 0 Å². The quantitative estimate of drug-likeness (QED) is 0.589. The number of hydrogen-bond donors (Lipinski definition) is 2. The zero-order chi connectivity index (χ0) is 26.8. The summed E-state index contributed by atoms with van der Waals surface area (Å²) in [4.78, 5) is 36.2. The van der Waals surface area contributed by atoms with Crippen molar-refractivity contribution in [2.24, 2.45) is 11.8 Å². The van der Waals surface area contributed by atoms with Crippen LogP contribution in [-0.4, -0.2) is 80.3 Å². The molecule has 1 aliphatic carbocycles. The molecule has 0 unspecified atom stereocenters. The third-order valence-corrected chi connectivity index (χ3v) is 8.96. The number of benzene rings is 1. The molecule has 2 aromatic rings. The molecule has 2 N–H and O–H groups in total. The Hall–Kier alpha value is -3.17. The van der Waals surface area contributed by atoms with Gasteiger partial charge in [0.15, 0.2) is 0 Å². The fourth-order valence-corrected chi connectivity index (χ4v) is 6.99. The number of morpholine rings is 1. The first-order valence-corrected chi connectivity index (χ1v) is 14.4. The maximum Gasteiger partial charge on any atom is 0.253 e. The number of nitrogens with zero attached hydrogens (tertiary/aromatic N) is 3. The average molecular weight is 534 g/mol. The number of methoxy groups -OCH3 is 1. The van der Waals surface area contributed by atoms with Crippen LogP contribution in [0, 0.1) is 11.8 Å². The van der Waals surface area contributed by atoms with Crippen LogP contribution in [0.4, 0.5) is 11.5 Å². The van der Waals surface area contributed by atoms with Crippen LogP contribution in [0.3, 0.4) is 0 Å². The number of carbonyl (C=O) groups is 2. The molecule has 0 radical (unpaired) electrons. The fourth-order valence-electron chi connectivity index (χ4n) is 6.99. The summed E-state index contributed by atoms with van der Waals surface area (Å²) in [6.45, 7) is 4.32. The van der Waals surface area contributed by atoms with Crippen molar-refractivity contribution in [1.82, 2.24) is 15.2 Å². The summed E-state index contributed by atoms with van der Waals surface area (Å²) in [6.07, 6.45) is 6.22. The molecule has 9 heteroatoms. The Bertz CT molecular complexity index is 1170. The predicted octanol–water partition coefficient (Wildman–Crippen LogP) is 3.24. The maximum absolute atomic E-state index is 14.2. The van der Waals surface area contributed by atoms with Crippen molar-refractivity contribution < 1.29 is 19.1 Å². The molecule has 3 fully saturated rings. The summed E-state index contributed by atoms with van der Waals surface area (Å²) in [5, 5.41) is 6.87. The van der Waals surface area contributed by atoms with E-state index < -0.39 is 0 Å². The highest BCUT2D eigenvalue weighted by molar-refractivity contribution is 5.94. The number of pyridine rings is 1. The monoisotopic (exact) mass is 533 g/mol. The van der Waals surface area contributed by atoms with Crippen LogP contribution < -0.4 is 15.5 Å². The number of carbonyl (C=O) groups excluding carboxylic acids is 2. The van der Waals surface area contributed by atoms with Crippen molar-refractivity contribution in [2.45, 2.75) is 50.2 Å². The Balaban J connectivity index is 1.17. The van der Waals surface area contributed by atoms with Crippen LogP contribution in [0.1, 0.15) is 54.1 Å². The minimum atomic E-state index is -0.218. The van der Waals surface area contributed by atoms with Gasteiger partial charge in [0.05, 0.1) is 43.4 Å². The molecule has 4 heterocycles. The third kappa shape index (κ3) is 5.22. The number of hydrogen-bond acceptors (Lipinski definition) is 7. The Morgan fingerprint density at radius 3 is 2.69 bits per heavy atom. The number of amides is 2. The molecule has 4 aliphatic rings. The summed E-state index contributed by atoms with van der Waals surface area (Å²) < 4.78 is 11.0. The number of likely N-dealkylation sites (tertiary alicyclic amines) is 1. The summed E-state index contributed by atoms with van der Waals surface area (Å²) in [6, 6.07) is 12.1. The topological polar surface area (TPSA) is 96.0 Å². The molecule has 2 saturated heterocycles. The summed E-state index contributed by atoms with van der Waals surface area (Å²) in [7, 11) is 1.73. The lowest BCUT2D eigenvalue weighted by Gasteiger charge is -2.41. The molecule has 1 aromatic heterocycles. The van der Waals surface area contributed by atoms with E-state index in [1.807, 2.05) is 18.2 Å². The van der Waals surface area contributed by atoms with Gasteiger partial charge in [-0.05, 0) is 43.0 Å². The van der Waals surface area contributed by atoms with E-state index in [-0.39, 0.29) is 35.9 Å². The van der Waals surface area contributed by atoms with Crippen molar-refractivity contribution in [3.05, 3.63) is 53.7 Å². The molecule has 2 amide bonds. The van der Waals surface area contributed by atoms with Crippen LogP contribution in [0.25, 0.3) is 0 Å². The Morgan fingerprint density at radius 2 is 1.90 bits per heavy atom. The molecule has 0 bridgehead atoms. The first-order chi connectivity index (χ1) is 19.1. The molecule has 39 heavy (non-hydrogen) atoms. The smallest absolute Gasteiger partial charge is 0.253 e. The van der Waals surface area contributed by atoms with Crippen LogP contribution in [0.5, 0.6) is 0 Å². The fraction of sp³-hybridized carbons (Fsp3) is 0.567. The number of nitrogens with one attached hydrogen (secondary N) is 2. The molecular formula is C30H39N5O4. The maximum atomic E-state index is 14.2. The lowest BCUT2D eigenvalue weighted by atomic mass is 9.81. The lowest BCUT2D eigenvalue weighted by Crippen LogP contribution is -2.50. The Labute approximate surface area is 230 Å². The highest BCUT2D eigenvalue weighted by Crippen LogP contribution is 2.47. The molecule has 6 rings (SSSR count). The summed E-state index contributed by atoms with van der Waals surface area (Å²) in [5.74, 6) is 0.952. The van der Waals surface area contributed by atoms with Gasteiger partial charge < -0.3 is 29.9 Å². The van der Waals surface area contributed by atoms with Crippen LogP contribution >= 0.6 is 0 Å². The van der Waals surface area contributed by atoms with E-state index in [9.17, 15) is 9.59 Å². The van der Waals surface area contributed by atoms with E-state index in [1.54, 1.807) is 13.3 Å². The molecule has 0 spiro atoms. The van der Waals surface area contributed by atoms with Gasteiger partial charge >= 0.3 is 0 Å². The van der Waals surface area contributed by atoms with Gasteiger partial charge in [-0.15, -0.1) is 0 Å². The van der Waals surface area contributed by atoms with Crippen LogP contribution in [0.15, 0.2) is 42.6 Å². The standard InChI is InChI=1S/C30H39N5O4/c1-38-19-26-22-12-13-35(28(22)21-6-2-4-8-24(21)32-26)30(37)23-7-3-5-9-25(23)33-29(36)20-10-11-27(31-18-20)34-14-16-39-17-15-34/h2,4,6,8,10-11,18,22-23,25-26,28,32H,3,5,7,9,12-17,19H2,1H3,(H,33,36)/t22-,23+,25-,26+,28+/m1/s1. The third-order valence-electron chi connectivity index (χ3n) is 8.96. The van der Waals surface area contributed by atoms with Crippen molar-refractivity contribution in [3.8, 4) is 0 Å². The van der Waals surface area contributed by atoms with Gasteiger partial charge in [0.25, 0.3) is 5.91 Å². The predicted molar refractivity (Wildman–Crippen MR) is 149 cm³/mol. The van der Waals surface area contributed by atoms with E-state index >= 15 is 0 Å². The Morgan fingerprint density at radius 1 is 1.08 bits per heavy atom. The van der Waals surface area contributed by atoms with E-state index in [2.05, 4.69) is 43.6 Å². The van der Waals surface area contributed by atoms with Gasteiger partial charge in [-0.3, -0.25) is 9.59 Å². The zero-order valence-corrected chi connectivity index (χ0v) is 22.7. The van der Waals surface area contributed by atoms with Gasteiger partial charge in [-0.1, -0.05) is 31.0 Å². The lowest BCUT2D eigenvalue weighted by molar-refractivity contribution is -0.139. The van der Waals surface area contributed by atoms with Gasteiger partial charge in [0.2, 0.25) is 5.91 Å². The van der Waals surface area contributed by atoms with Gasteiger partial charge in [0.1, 0.15) is 5.82 Å². The van der Waals surface area contributed by atoms with Crippen molar-refractivity contribution >= 4 is 23.3 Å². The van der Waals surface area contributed by atoms with Crippen molar-refractivity contribution in [2.75, 3.05) is 56.8 Å². The second kappa shape index (κ2) is 11.5. The van der Waals surface area contributed by atoms with E-state index in [1.165, 1.54) is 5.56 Å². The largest absolute Gasteiger partial charge is 0.383 e. The minimum absolute atomic E-state index is 0.0327. The molecule has 5 atom stereocenters. The molecular weight excluding hydrogens is 494 g/mol. The van der Waals surface area contributed by atoms with E-state index in [0.717, 1.165) is 63.2 Å². The summed E-state index contributed by atoms with van der Waals surface area (Å²) >= 11 is 0. The number of aromatic nitrogens is 1. The molecule has 9 nitrogen and oxygen atoms in total. The highest BCUT2D eigenvalue weighted by atomic mass is 16.5. The molecule has 1 saturated carbocycles. The second-order valence-corrected chi connectivity index (χ2v) is 11.2. The number of para-hydroxylation sites is 1. The number of ether oxygens (including phenoxy) is 2. The number of anilines is 2. The SMILES string of the molecule is COC[C@@H]1Nc2ccccc2[C@H]2[C@@H]1CCN2C(=O)[C@H]1CCCC[C@H]1NC(=O)c1ccc(N2CCOCC2)nc1. The average Bonchev–Trinajstić information content (AvgIpc) is 3.44. The van der Waals surface area contributed by atoms with Crippen molar-refractivity contribution in [3.63, 3.8) is 0 Å².